The average Bonchev–Trinajstić information content (AvgIpc) is 2.96. The van der Waals surface area contributed by atoms with Crippen LogP contribution in [-0.2, 0) is 22.0 Å². The number of aryl methyl sites for hydroxylation is 1. The maximum atomic E-state index is 13.2. The lowest BCUT2D eigenvalue weighted by Crippen LogP contribution is -2.04. The summed E-state index contributed by atoms with van der Waals surface area (Å²) in [5.41, 5.74) is 2.11. The van der Waals surface area contributed by atoms with E-state index in [-0.39, 0.29) is 17.3 Å². The first-order chi connectivity index (χ1) is 12.8. The largest absolute Gasteiger partial charge is 0.508 e. The number of hydrogen-bond acceptors (Lipinski definition) is 5. The van der Waals surface area contributed by atoms with E-state index in [4.69, 9.17) is 4.42 Å². The van der Waals surface area contributed by atoms with Gasteiger partial charge in [-0.05, 0) is 48.4 Å². The highest BCUT2D eigenvalue weighted by molar-refractivity contribution is 7.89. The average molecular weight is 386 g/mol. The van der Waals surface area contributed by atoms with Gasteiger partial charge in [0.2, 0.25) is 0 Å². The van der Waals surface area contributed by atoms with Crippen LogP contribution >= 0.6 is 0 Å². The summed E-state index contributed by atoms with van der Waals surface area (Å²) >= 11 is 0. The standard InChI is InChI=1S/C21H22O5S/c1-3-4-5-19-20(21(23)15-7-9-16(22)10-8-15)17-12-14(13-27(2,24)25)6-11-18(17)26-19/h6-12,22H,3-5,13H2,1-2H3. The molecule has 0 fully saturated rings. The molecule has 0 spiro atoms. The number of rotatable bonds is 7. The number of ketones is 1. The maximum Gasteiger partial charge on any atom is 0.197 e. The van der Waals surface area contributed by atoms with E-state index in [2.05, 4.69) is 6.92 Å². The summed E-state index contributed by atoms with van der Waals surface area (Å²) in [6.45, 7) is 2.06. The highest BCUT2D eigenvalue weighted by Crippen LogP contribution is 2.31. The number of unbranched alkanes of at least 4 members (excludes halogenated alkanes) is 1. The Balaban J connectivity index is 2.14. The third-order valence-corrected chi connectivity index (χ3v) is 5.23. The zero-order valence-electron chi connectivity index (χ0n) is 15.4. The van der Waals surface area contributed by atoms with E-state index in [1.165, 1.54) is 18.4 Å². The quantitative estimate of drug-likeness (QED) is 0.614. The number of phenolic OH excluding ortho intramolecular Hbond substituents is 1. The van der Waals surface area contributed by atoms with Gasteiger partial charge in [-0.3, -0.25) is 4.79 Å². The molecular formula is C21H22O5S. The summed E-state index contributed by atoms with van der Waals surface area (Å²) in [4.78, 5) is 13.2. The van der Waals surface area contributed by atoms with E-state index in [1.807, 2.05) is 0 Å². The minimum absolute atomic E-state index is 0.0882. The Morgan fingerprint density at radius 2 is 1.81 bits per heavy atom. The van der Waals surface area contributed by atoms with Crippen LogP contribution in [0.3, 0.4) is 0 Å². The molecule has 0 aliphatic heterocycles. The summed E-state index contributed by atoms with van der Waals surface area (Å²) in [6.07, 6.45) is 3.66. The molecule has 1 N–H and O–H groups in total. The number of fused-ring (bicyclic) bond motifs is 1. The van der Waals surface area contributed by atoms with Crippen molar-refractivity contribution >= 4 is 26.6 Å². The number of aromatic hydroxyl groups is 1. The van der Waals surface area contributed by atoms with Crippen molar-refractivity contribution in [2.75, 3.05) is 6.26 Å². The van der Waals surface area contributed by atoms with Crippen molar-refractivity contribution in [3.05, 3.63) is 64.9 Å². The third-order valence-electron chi connectivity index (χ3n) is 4.37. The van der Waals surface area contributed by atoms with Crippen LogP contribution in [0.25, 0.3) is 11.0 Å². The van der Waals surface area contributed by atoms with Crippen LogP contribution in [0.4, 0.5) is 0 Å². The fourth-order valence-electron chi connectivity index (χ4n) is 3.11. The van der Waals surface area contributed by atoms with Crippen LogP contribution in [0.1, 0.15) is 47.0 Å². The van der Waals surface area contributed by atoms with Crippen LogP contribution in [0.5, 0.6) is 5.75 Å². The second-order valence-corrected chi connectivity index (χ2v) is 8.92. The Hall–Kier alpha value is -2.60. The van der Waals surface area contributed by atoms with Crippen LogP contribution in [0.2, 0.25) is 0 Å². The van der Waals surface area contributed by atoms with Gasteiger partial charge in [-0.15, -0.1) is 0 Å². The molecule has 142 valence electrons. The number of sulfone groups is 1. The Kier molecular flexibility index (Phi) is 5.37. The number of furan rings is 1. The summed E-state index contributed by atoms with van der Waals surface area (Å²) in [5, 5.41) is 10.1. The zero-order valence-corrected chi connectivity index (χ0v) is 16.2. The van der Waals surface area contributed by atoms with Gasteiger partial charge in [0.1, 0.15) is 17.1 Å². The molecular weight excluding hydrogens is 364 g/mol. The molecule has 0 amide bonds. The van der Waals surface area contributed by atoms with Gasteiger partial charge in [-0.1, -0.05) is 19.4 Å². The van der Waals surface area contributed by atoms with Crippen molar-refractivity contribution in [1.29, 1.82) is 0 Å². The third kappa shape index (κ3) is 4.39. The number of hydrogen-bond donors (Lipinski definition) is 1. The smallest absolute Gasteiger partial charge is 0.197 e. The lowest BCUT2D eigenvalue weighted by molar-refractivity contribution is 0.103. The van der Waals surface area contributed by atoms with Gasteiger partial charge >= 0.3 is 0 Å². The van der Waals surface area contributed by atoms with E-state index in [0.717, 1.165) is 12.8 Å². The Morgan fingerprint density at radius 1 is 1.11 bits per heavy atom. The van der Waals surface area contributed by atoms with Crippen molar-refractivity contribution in [3.8, 4) is 5.75 Å². The van der Waals surface area contributed by atoms with Gasteiger partial charge in [0.05, 0.1) is 11.3 Å². The van der Waals surface area contributed by atoms with E-state index in [0.29, 0.717) is 39.8 Å². The van der Waals surface area contributed by atoms with E-state index in [9.17, 15) is 18.3 Å². The summed E-state index contributed by atoms with van der Waals surface area (Å²) in [6, 6.07) is 11.2. The van der Waals surface area contributed by atoms with Crippen molar-refractivity contribution in [2.45, 2.75) is 31.9 Å². The second-order valence-electron chi connectivity index (χ2n) is 6.78. The van der Waals surface area contributed by atoms with E-state index in [1.54, 1.807) is 30.3 Å². The highest BCUT2D eigenvalue weighted by Gasteiger charge is 2.22. The number of carbonyl (C=O) groups is 1. The Morgan fingerprint density at radius 3 is 2.44 bits per heavy atom. The fraction of sp³-hybridized carbons (Fsp3) is 0.286. The van der Waals surface area contributed by atoms with Crippen LogP contribution in [0.15, 0.2) is 46.9 Å². The molecule has 0 saturated carbocycles. The van der Waals surface area contributed by atoms with Gasteiger partial charge in [-0.2, -0.15) is 0 Å². The van der Waals surface area contributed by atoms with Crippen molar-refractivity contribution in [1.82, 2.24) is 0 Å². The van der Waals surface area contributed by atoms with Gasteiger partial charge < -0.3 is 9.52 Å². The van der Waals surface area contributed by atoms with Crippen LogP contribution in [-0.4, -0.2) is 25.6 Å². The molecule has 6 heteroatoms. The molecule has 0 saturated heterocycles. The Labute approximate surface area is 158 Å². The molecule has 3 aromatic rings. The van der Waals surface area contributed by atoms with E-state index < -0.39 is 9.84 Å². The molecule has 0 unspecified atom stereocenters. The maximum absolute atomic E-state index is 13.2. The van der Waals surface area contributed by atoms with Crippen molar-refractivity contribution in [3.63, 3.8) is 0 Å². The SMILES string of the molecule is CCCCc1oc2ccc(CS(C)(=O)=O)cc2c1C(=O)c1ccc(O)cc1. The van der Waals surface area contributed by atoms with Gasteiger partial charge in [0, 0.05) is 23.6 Å². The molecule has 27 heavy (non-hydrogen) atoms. The lowest BCUT2D eigenvalue weighted by Gasteiger charge is -2.04. The summed E-state index contributed by atoms with van der Waals surface area (Å²) < 4.78 is 29.2. The first kappa shape index (κ1) is 19.2. The molecule has 1 aromatic heterocycles. The van der Waals surface area contributed by atoms with Crippen LogP contribution in [0, 0.1) is 0 Å². The number of phenols is 1. The molecule has 0 aliphatic carbocycles. The minimum atomic E-state index is -3.19. The predicted octanol–water partition coefficient (Wildman–Crippen LogP) is 4.26. The molecule has 5 nitrogen and oxygen atoms in total. The monoisotopic (exact) mass is 386 g/mol. The fourth-order valence-corrected chi connectivity index (χ4v) is 3.89. The predicted molar refractivity (Wildman–Crippen MR) is 105 cm³/mol. The van der Waals surface area contributed by atoms with E-state index >= 15 is 0 Å². The normalized spacial score (nSPS) is 11.8. The highest BCUT2D eigenvalue weighted by atomic mass is 32.2. The number of benzene rings is 2. The topological polar surface area (TPSA) is 84.6 Å². The van der Waals surface area contributed by atoms with Gasteiger partial charge in [0.25, 0.3) is 0 Å². The first-order valence-electron chi connectivity index (χ1n) is 8.84. The molecule has 1 heterocycles. The number of carbonyl (C=O) groups excluding carboxylic acids is 1. The second kappa shape index (κ2) is 7.56. The molecule has 0 radical (unpaired) electrons. The molecule has 0 atom stereocenters. The first-order valence-corrected chi connectivity index (χ1v) is 10.9. The zero-order chi connectivity index (χ0) is 19.6. The molecule has 0 bridgehead atoms. The summed E-state index contributed by atoms with van der Waals surface area (Å²) in [7, 11) is -3.19. The molecule has 0 aliphatic rings. The van der Waals surface area contributed by atoms with Gasteiger partial charge in [-0.25, -0.2) is 8.42 Å². The molecule has 2 aromatic carbocycles. The summed E-state index contributed by atoms with van der Waals surface area (Å²) in [5.74, 6) is 0.411. The molecule has 3 rings (SSSR count). The van der Waals surface area contributed by atoms with Crippen molar-refractivity contribution < 1.29 is 22.7 Å². The van der Waals surface area contributed by atoms with Crippen LogP contribution < -0.4 is 0 Å². The lowest BCUT2D eigenvalue weighted by atomic mass is 9.97. The van der Waals surface area contributed by atoms with Gasteiger partial charge in [0.15, 0.2) is 15.6 Å². The Bertz CT molecular complexity index is 1080. The minimum Gasteiger partial charge on any atom is -0.508 e. The van der Waals surface area contributed by atoms with Crippen molar-refractivity contribution in [2.24, 2.45) is 0 Å².